The minimum absolute atomic E-state index is 0.573. The third-order valence-corrected chi connectivity index (χ3v) is 2.92. The van der Waals surface area contributed by atoms with Crippen LogP contribution in [0.4, 0.5) is 5.69 Å². The first-order chi connectivity index (χ1) is 6.66. The number of halogens is 2. The monoisotopic (exact) mass is 228 g/mol. The summed E-state index contributed by atoms with van der Waals surface area (Å²) in [6, 6.07) is 5.56. The highest BCUT2D eigenvalue weighted by Gasteiger charge is 2.13. The summed E-state index contributed by atoms with van der Waals surface area (Å²) in [4.78, 5) is 0. The van der Waals surface area contributed by atoms with E-state index >= 15 is 0 Å². The van der Waals surface area contributed by atoms with Gasteiger partial charge in [0, 0.05) is 18.7 Å². The van der Waals surface area contributed by atoms with Gasteiger partial charge in [-0.15, -0.1) is 0 Å². The topological polar surface area (TPSA) is 15.6 Å². The Morgan fingerprint density at radius 2 is 2.07 bits per heavy atom. The van der Waals surface area contributed by atoms with E-state index in [1.807, 2.05) is 24.1 Å². The van der Waals surface area contributed by atoms with E-state index in [1.54, 1.807) is 6.07 Å². The number of benzene rings is 1. The maximum atomic E-state index is 5.92. The van der Waals surface area contributed by atoms with Crippen LogP contribution in [0.3, 0.4) is 0 Å². The average Bonchev–Trinajstić information content (AvgIpc) is 2.57. The fourth-order valence-electron chi connectivity index (χ4n) is 1.41. The van der Waals surface area contributed by atoms with E-state index in [1.165, 1.54) is 0 Å². The largest absolute Gasteiger partial charge is 0.265 e. The van der Waals surface area contributed by atoms with Gasteiger partial charge in [0.2, 0.25) is 0 Å². The van der Waals surface area contributed by atoms with Crippen LogP contribution in [0.15, 0.2) is 23.3 Å². The Kier molecular flexibility index (Phi) is 2.66. The van der Waals surface area contributed by atoms with Gasteiger partial charge in [-0.25, -0.2) is 0 Å². The number of hydrazone groups is 1. The van der Waals surface area contributed by atoms with Crippen LogP contribution in [0, 0.1) is 0 Å². The fraction of sp³-hybridized carbons (Fsp3) is 0.300. The van der Waals surface area contributed by atoms with Gasteiger partial charge in [0.15, 0.2) is 0 Å². The van der Waals surface area contributed by atoms with Crippen molar-refractivity contribution in [3.8, 4) is 0 Å². The predicted octanol–water partition coefficient (Wildman–Crippen LogP) is 3.58. The van der Waals surface area contributed by atoms with Crippen molar-refractivity contribution < 1.29 is 0 Å². The van der Waals surface area contributed by atoms with Gasteiger partial charge < -0.3 is 0 Å². The molecule has 0 radical (unpaired) electrons. The zero-order chi connectivity index (χ0) is 10.1. The van der Waals surface area contributed by atoms with Gasteiger partial charge >= 0.3 is 0 Å². The van der Waals surface area contributed by atoms with E-state index in [0.717, 1.165) is 24.4 Å². The Morgan fingerprint density at radius 3 is 2.64 bits per heavy atom. The molecule has 2 rings (SSSR count). The molecule has 0 unspecified atom stereocenters. The van der Waals surface area contributed by atoms with Crippen LogP contribution >= 0.6 is 23.2 Å². The summed E-state index contributed by atoms with van der Waals surface area (Å²) in [5.41, 5.74) is 2.15. The molecule has 0 saturated heterocycles. The molecular formula is C10H10Cl2N2. The normalized spacial score (nSPS) is 15.9. The molecule has 1 aliphatic heterocycles. The molecule has 1 aromatic carbocycles. The SMILES string of the molecule is CC1=NN(c2ccc(Cl)c(Cl)c2)CC1. The van der Waals surface area contributed by atoms with Crippen LogP contribution in [-0.4, -0.2) is 12.3 Å². The standard InChI is InChI=1S/C10H10Cl2N2/c1-7-4-5-14(13-7)8-2-3-9(11)10(12)6-8/h2-3,6H,4-5H2,1H3. The molecule has 0 atom stereocenters. The average molecular weight is 229 g/mol. The molecule has 0 aromatic heterocycles. The summed E-state index contributed by atoms with van der Waals surface area (Å²) in [6.45, 7) is 2.95. The highest BCUT2D eigenvalue weighted by Crippen LogP contribution is 2.28. The van der Waals surface area contributed by atoms with Crippen LogP contribution in [-0.2, 0) is 0 Å². The number of hydrogen-bond donors (Lipinski definition) is 0. The molecule has 0 aliphatic carbocycles. The van der Waals surface area contributed by atoms with Crippen LogP contribution in [0.1, 0.15) is 13.3 Å². The molecule has 0 bridgehead atoms. The van der Waals surface area contributed by atoms with Crippen molar-refractivity contribution in [2.45, 2.75) is 13.3 Å². The molecular weight excluding hydrogens is 219 g/mol. The Hall–Kier alpha value is -0.730. The van der Waals surface area contributed by atoms with E-state index in [2.05, 4.69) is 5.10 Å². The molecule has 14 heavy (non-hydrogen) atoms. The summed E-state index contributed by atoms with van der Waals surface area (Å²) in [7, 11) is 0. The summed E-state index contributed by atoms with van der Waals surface area (Å²) in [5.74, 6) is 0. The van der Waals surface area contributed by atoms with Crippen molar-refractivity contribution in [3.63, 3.8) is 0 Å². The number of nitrogens with zero attached hydrogens (tertiary/aromatic N) is 2. The predicted molar refractivity (Wildman–Crippen MR) is 61.5 cm³/mol. The van der Waals surface area contributed by atoms with Crippen LogP contribution < -0.4 is 5.01 Å². The Morgan fingerprint density at radius 1 is 1.29 bits per heavy atom. The number of hydrogen-bond acceptors (Lipinski definition) is 2. The second-order valence-electron chi connectivity index (χ2n) is 3.31. The first-order valence-electron chi connectivity index (χ1n) is 4.43. The van der Waals surface area contributed by atoms with Gasteiger partial charge in [-0.3, -0.25) is 5.01 Å². The van der Waals surface area contributed by atoms with Gasteiger partial charge in [-0.05, 0) is 25.1 Å². The van der Waals surface area contributed by atoms with E-state index in [4.69, 9.17) is 23.2 Å². The van der Waals surface area contributed by atoms with Crippen molar-refractivity contribution in [2.75, 3.05) is 11.6 Å². The second-order valence-corrected chi connectivity index (χ2v) is 4.12. The van der Waals surface area contributed by atoms with Crippen molar-refractivity contribution in [1.82, 2.24) is 0 Å². The highest BCUT2D eigenvalue weighted by atomic mass is 35.5. The van der Waals surface area contributed by atoms with Crippen LogP contribution in [0.2, 0.25) is 10.0 Å². The molecule has 0 spiro atoms. The molecule has 1 aliphatic rings. The molecule has 0 amide bonds. The number of anilines is 1. The lowest BCUT2D eigenvalue weighted by Crippen LogP contribution is -2.11. The molecule has 4 heteroatoms. The van der Waals surface area contributed by atoms with Crippen molar-refractivity contribution >= 4 is 34.6 Å². The third-order valence-electron chi connectivity index (χ3n) is 2.18. The van der Waals surface area contributed by atoms with Crippen molar-refractivity contribution in [2.24, 2.45) is 5.10 Å². The maximum Gasteiger partial charge on any atom is 0.0613 e. The van der Waals surface area contributed by atoms with E-state index in [9.17, 15) is 0 Å². The Balaban J connectivity index is 2.29. The molecule has 1 aromatic rings. The smallest absolute Gasteiger partial charge is 0.0613 e. The van der Waals surface area contributed by atoms with Crippen LogP contribution in [0.25, 0.3) is 0 Å². The van der Waals surface area contributed by atoms with Gasteiger partial charge in [0.1, 0.15) is 0 Å². The quantitative estimate of drug-likeness (QED) is 0.718. The van der Waals surface area contributed by atoms with Crippen molar-refractivity contribution in [3.05, 3.63) is 28.2 Å². The second kappa shape index (κ2) is 3.79. The van der Waals surface area contributed by atoms with Crippen molar-refractivity contribution in [1.29, 1.82) is 0 Å². The van der Waals surface area contributed by atoms with Gasteiger partial charge in [0.25, 0.3) is 0 Å². The van der Waals surface area contributed by atoms with E-state index in [0.29, 0.717) is 10.0 Å². The molecule has 74 valence electrons. The van der Waals surface area contributed by atoms with Gasteiger partial charge in [0.05, 0.1) is 15.7 Å². The summed E-state index contributed by atoms with van der Waals surface area (Å²) in [6.07, 6.45) is 1.01. The molecule has 0 fully saturated rings. The fourth-order valence-corrected chi connectivity index (χ4v) is 1.70. The molecule has 2 nitrogen and oxygen atoms in total. The summed E-state index contributed by atoms with van der Waals surface area (Å²) < 4.78 is 0. The lowest BCUT2D eigenvalue weighted by molar-refractivity contribution is 0.922. The minimum atomic E-state index is 0.573. The minimum Gasteiger partial charge on any atom is -0.265 e. The van der Waals surface area contributed by atoms with Gasteiger partial charge in [-0.2, -0.15) is 5.10 Å². The zero-order valence-electron chi connectivity index (χ0n) is 7.80. The summed E-state index contributed by atoms with van der Waals surface area (Å²) in [5, 5.41) is 7.47. The zero-order valence-corrected chi connectivity index (χ0v) is 9.31. The van der Waals surface area contributed by atoms with Crippen LogP contribution in [0.5, 0.6) is 0 Å². The molecule has 1 heterocycles. The van der Waals surface area contributed by atoms with E-state index in [-0.39, 0.29) is 0 Å². The van der Waals surface area contributed by atoms with Gasteiger partial charge in [-0.1, -0.05) is 23.2 Å². The molecule has 0 saturated carbocycles. The lowest BCUT2D eigenvalue weighted by Gasteiger charge is -2.13. The Labute approximate surface area is 93.1 Å². The number of rotatable bonds is 1. The third kappa shape index (κ3) is 1.86. The summed E-state index contributed by atoms with van der Waals surface area (Å²) >= 11 is 11.8. The first kappa shape index (κ1) is 9.81. The lowest BCUT2D eigenvalue weighted by atomic mass is 10.3. The Bertz CT molecular complexity index is 388. The maximum absolute atomic E-state index is 5.92. The highest BCUT2D eigenvalue weighted by molar-refractivity contribution is 6.42. The molecule has 0 N–H and O–H groups in total. The van der Waals surface area contributed by atoms with E-state index < -0.39 is 0 Å². The first-order valence-corrected chi connectivity index (χ1v) is 5.19.